The first-order valence-electron chi connectivity index (χ1n) is 16.6. The molecule has 1 N–H and O–H groups in total. The van der Waals surface area contributed by atoms with Crippen LogP contribution in [0.25, 0.3) is 43.9 Å². The number of thiophene rings is 5. The van der Waals surface area contributed by atoms with Crippen LogP contribution in [-0.2, 0) is 24.1 Å². The Kier molecular flexibility index (Phi) is 13.3. The standard InChI is InChI=1S/C38H44N2OS5/c1-5-7-9-11-13-27-25-36(34-18-15-28(42-34)14-12-10-8-6-2)46-37(27)35-22-21-33(45-35)32-20-19-31(44-32)30-17-16-29(43-30)23-24-40-38(41)26(3)39-4/h15-22,25-26H,5-14,23-24H2,1-3H3,(H,40,41)/t26-/m0/s1. The number of unbranched alkanes of at least 4 members (excludes halogenated alkanes) is 6. The van der Waals surface area contributed by atoms with E-state index in [1.807, 2.05) is 45.3 Å². The normalized spacial score (nSPS) is 12.0. The van der Waals surface area contributed by atoms with Crippen molar-refractivity contribution in [2.75, 3.05) is 6.54 Å². The highest BCUT2D eigenvalue weighted by Crippen LogP contribution is 2.46. The van der Waals surface area contributed by atoms with Gasteiger partial charge in [-0.05, 0) is 92.3 Å². The van der Waals surface area contributed by atoms with E-state index >= 15 is 0 Å². The van der Waals surface area contributed by atoms with Crippen LogP contribution in [0.4, 0.5) is 0 Å². The summed E-state index contributed by atoms with van der Waals surface area (Å²) in [5, 5.41) is 2.87. The molecule has 0 aromatic carbocycles. The van der Waals surface area contributed by atoms with Crippen molar-refractivity contribution in [3.05, 3.63) is 81.3 Å². The Morgan fingerprint density at radius 1 is 0.652 bits per heavy atom. The van der Waals surface area contributed by atoms with Crippen LogP contribution in [0.3, 0.4) is 0 Å². The number of aryl methyl sites for hydroxylation is 2. The maximum atomic E-state index is 11.9. The lowest BCUT2D eigenvalue weighted by molar-refractivity contribution is -0.121. The Morgan fingerprint density at radius 2 is 1.17 bits per heavy atom. The molecular weight excluding hydrogens is 661 g/mol. The number of rotatable bonds is 18. The van der Waals surface area contributed by atoms with Gasteiger partial charge in [0.2, 0.25) is 0 Å². The van der Waals surface area contributed by atoms with Gasteiger partial charge < -0.3 is 10.2 Å². The second kappa shape index (κ2) is 17.6. The first-order valence-corrected chi connectivity index (χ1v) is 20.7. The summed E-state index contributed by atoms with van der Waals surface area (Å²) < 4.78 is 0. The van der Waals surface area contributed by atoms with Crippen LogP contribution in [0.15, 0.2) is 54.6 Å². The molecule has 0 spiro atoms. The van der Waals surface area contributed by atoms with Crippen molar-refractivity contribution in [3.63, 3.8) is 0 Å². The smallest absolute Gasteiger partial charge is 0.302 e. The molecule has 0 fully saturated rings. The third-order valence-corrected chi connectivity index (χ3v) is 14.5. The molecule has 5 aromatic rings. The lowest BCUT2D eigenvalue weighted by Gasteiger charge is -2.02. The van der Waals surface area contributed by atoms with Gasteiger partial charge in [-0.15, -0.1) is 56.7 Å². The van der Waals surface area contributed by atoms with Gasteiger partial charge in [0.25, 0.3) is 6.04 Å². The minimum atomic E-state index is -0.625. The van der Waals surface area contributed by atoms with Crippen LogP contribution >= 0.6 is 56.7 Å². The van der Waals surface area contributed by atoms with Gasteiger partial charge in [0.15, 0.2) is 0 Å². The van der Waals surface area contributed by atoms with E-state index in [9.17, 15) is 4.79 Å². The van der Waals surface area contributed by atoms with Gasteiger partial charge in [-0.1, -0.05) is 52.4 Å². The Bertz CT molecular complexity index is 1720. The zero-order valence-corrected chi connectivity index (χ0v) is 31.2. The minimum absolute atomic E-state index is 0.193. The minimum Gasteiger partial charge on any atom is -0.349 e. The van der Waals surface area contributed by atoms with Gasteiger partial charge in [-0.3, -0.25) is 4.79 Å². The zero-order chi connectivity index (χ0) is 32.3. The summed E-state index contributed by atoms with van der Waals surface area (Å²) in [7, 11) is 0. The predicted molar refractivity (Wildman–Crippen MR) is 206 cm³/mol. The fourth-order valence-corrected chi connectivity index (χ4v) is 11.1. The van der Waals surface area contributed by atoms with Crippen LogP contribution in [0.2, 0.25) is 0 Å². The summed E-state index contributed by atoms with van der Waals surface area (Å²) in [6.45, 7) is 13.8. The second-order valence-electron chi connectivity index (χ2n) is 11.8. The molecule has 0 aliphatic carbocycles. The Hall–Kier alpha value is -2.54. The third kappa shape index (κ3) is 9.29. The number of nitrogens with one attached hydrogen (secondary N) is 1. The Labute approximate surface area is 295 Å². The molecular formula is C38H44N2OS5. The summed E-state index contributed by atoms with van der Waals surface area (Å²) >= 11 is 9.55. The summed E-state index contributed by atoms with van der Waals surface area (Å²) in [4.78, 5) is 28.9. The van der Waals surface area contributed by atoms with E-state index in [2.05, 4.69) is 78.6 Å². The second-order valence-corrected chi connectivity index (χ2v) is 17.3. The molecule has 5 aromatic heterocycles. The van der Waals surface area contributed by atoms with Crippen molar-refractivity contribution in [2.24, 2.45) is 0 Å². The number of amides is 1. The monoisotopic (exact) mass is 704 g/mol. The fourth-order valence-electron chi connectivity index (χ4n) is 5.41. The van der Waals surface area contributed by atoms with Crippen molar-refractivity contribution < 1.29 is 4.79 Å². The molecule has 5 rings (SSSR count). The van der Waals surface area contributed by atoms with Gasteiger partial charge in [-0.2, -0.15) is 0 Å². The summed E-state index contributed by atoms with van der Waals surface area (Å²) in [5.41, 5.74) is 1.51. The number of nitrogens with zero attached hydrogens (tertiary/aromatic N) is 1. The molecule has 0 aliphatic heterocycles. The number of carbonyl (C=O) groups is 1. The Morgan fingerprint density at radius 3 is 1.80 bits per heavy atom. The topological polar surface area (TPSA) is 33.5 Å². The molecule has 3 nitrogen and oxygen atoms in total. The van der Waals surface area contributed by atoms with Crippen LogP contribution in [0, 0.1) is 6.57 Å². The van der Waals surface area contributed by atoms with Crippen molar-refractivity contribution in [1.29, 1.82) is 0 Å². The fraction of sp³-hybridized carbons (Fsp3) is 0.421. The van der Waals surface area contributed by atoms with E-state index in [1.54, 1.807) is 18.3 Å². The molecule has 1 amide bonds. The van der Waals surface area contributed by atoms with Crippen molar-refractivity contribution in [3.8, 4) is 39.0 Å². The van der Waals surface area contributed by atoms with E-state index in [0.29, 0.717) is 6.54 Å². The molecule has 0 saturated heterocycles. The van der Waals surface area contributed by atoms with E-state index in [0.717, 1.165) is 12.8 Å². The summed E-state index contributed by atoms with van der Waals surface area (Å²) in [6, 6.07) is 20.1. The predicted octanol–water partition coefficient (Wildman–Crippen LogP) is 12.9. The molecule has 0 saturated carbocycles. The molecule has 0 aliphatic rings. The van der Waals surface area contributed by atoms with Gasteiger partial charge in [-0.25, -0.2) is 6.57 Å². The highest BCUT2D eigenvalue weighted by molar-refractivity contribution is 7.29. The van der Waals surface area contributed by atoms with E-state index in [-0.39, 0.29) is 5.91 Å². The summed E-state index contributed by atoms with van der Waals surface area (Å²) in [6.07, 6.45) is 13.5. The lowest BCUT2D eigenvalue weighted by atomic mass is 10.1. The molecule has 0 radical (unpaired) electrons. The van der Waals surface area contributed by atoms with Gasteiger partial charge in [0, 0.05) is 62.2 Å². The maximum absolute atomic E-state index is 11.9. The maximum Gasteiger partial charge on any atom is 0.302 e. The number of hydrogen-bond acceptors (Lipinski definition) is 6. The highest BCUT2D eigenvalue weighted by Gasteiger charge is 2.18. The molecule has 0 unspecified atom stereocenters. The SMILES string of the molecule is [C-]#[N+][C@@H](C)C(=O)NCCc1ccc(-c2ccc(-c3ccc(-c4sc(-c5ccc(CCCCCC)s5)cc4CCCCCC)s3)s2)s1. The first kappa shape index (κ1) is 34.8. The van der Waals surface area contributed by atoms with Crippen molar-refractivity contribution >= 4 is 62.6 Å². The van der Waals surface area contributed by atoms with E-state index < -0.39 is 6.04 Å². The quantitative estimate of drug-likeness (QED) is 0.0715. The van der Waals surface area contributed by atoms with Crippen molar-refractivity contribution in [1.82, 2.24) is 5.32 Å². The number of hydrogen-bond donors (Lipinski definition) is 1. The zero-order valence-electron chi connectivity index (χ0n) is 27.2. The molecule has 8 heteroatoms. The number of carbonyl (C=O) groups excluding carboxylic acids is 1. The van der Waals surface area contributed by atoms with E-state index in [1.165, 1.54) is 112 Å². The highest BCUT2D eigenvalue weighted by atomic mass is 32.1. The molecule has 242 valence electrons. The molecule has 0 bridgehead atoms. The van der Waals surface area contributed by atoms with Gasteiger partial charge in [0.05, 0.1) is 0 Å². The van der Waals surface area contributed by atoms with Crippen molar-refractivity contribution in [2.45, 2.75) is 97.4 Å². The first-order chi connectivity index (χ1) is 22.5. The van der Waals surface area contributed by atoms with Crippen LogP contribution in [-0.4, -0.2) is 18.5 Å². The van der Waals surface area contributed by atoms with E-state index in [4.69, 9.17) is 6.57 Å². The average molecular weight is 705 g/mol. The average Bonchev–Trinajstić information content (AvgIpc) is 3.90. The summed E-state index contributed by atoms with van der Waals surface area (Å²) in [5.74, 6) is -0.193. The molecule has 46 heavy (non-hydrogen) atoms. The van der Waals surface area contributed by atoms with Gasteiger partial charge in [0.1, 0.15) is 0 Å². The third-order valence-electron chi connectivity index (χ3n) is 8.12. The van der Waals surface area contributed by atoms with Crippen LogP contribution in [0.1, 0.15) is 87.5 Å². The van der Waals surface area contributed by atoms with Crippen LogP contribution in [0.5, 0.6) is 0 Å². The lowest BCUT2D eigenvalue weighted by Crippen LogP contribution is -2.32. The molecule has 5 heterocycles. The van der Waals surface area contributed by atoms with Crippen LogP contribution < -0.4 is 5.32 Å². The Balaban J connectivity index is 1.28. The molecule has 1 atom stereocenters. The van der Waals surface area contributed by atoms with Gasteiger partial charge >= 0.3 is 5.91 Å². The largest absolute Gasteiger partial charge is 0.349 e.